The molecule has 1 aliphatic carbocycles. The summed E-state index contributed by atoms with van der Waals surface area (Å²) >= 11 is 3.48. The molecule has 1 fully saturated rings. The van der Waals surface area contributed by atoms with E-state index in [9.17, 15) is 0 Å². The number of hydrogen-bond donors (Lipinski definition) is 1. The van der Waals surface area contributed by atoms with Crippen molar-refractivity contribution < 1.29 is 9.47 Å². The molecule has 0 bridgehead atoms. The van der Waals surface area contributed by atoms with Gasteiger partial charge in [0.25, 0.3) is 0 Å². The van der Waals surface area contributed by atoms with E-state index in [4.69, 9.17) is 15.2 Å². The second-order valence-corrected chi connectivity index (χ2v) is 5.06. The number of nitrogens with two attached hydrogens (primary N) is 1. The van der Waals surface area contributed by atoms with Gasteiger partial charge in [-0.1, -0.05) is 0 Å². The van der Waals surface area contributed by atoms with Crippen LogP contribution in [-0.2, 0) is 5.54 Å². The molecule has 0 aromatic heterocycles. The van der Waals surface area contributed by atoms with Crippen molar-refractivity contribution in [1.29, 1.82) is 0 Å². The van der Waals surface area contributed by atoms with Crippen molar-refractivity contribution in [1.82, 2.24) is 0 Å². The average molecular weight is 286 g/mol. The Hall–Kier alpha value is -0.740. The van der Waals surface area contributed by atoms with E-state index in [2.05, 4.69) is 15.9 Å². The van der Waals surface area contributed by atoms with Crippen LogP contribution in [-0.4, -0.2) is 14.2 Å². The first-order valence-corrected chi connectivity index (χ1v) is 6.11. The Kier molecular flexibility index (Phi) is 3.13. The third kappa shape index (κ3) is 1.80. The third-order valence-electron chi connectivity index (χ3n) is 3.25. The van der Waals surface area contributed by atoms with Crippen molar-refractivity contribution in [3.8, 4) is 11.5 Å². The van der Waals surface area contributed by atoms with Crippen molar-refractivity contribution in [3.05, 3.63) is 22.2 Å². The molecule has 1 saturated carbocycles. The van der Waals surface area contributed by atoms with E-state index in [1.807, 2.05) is 12.1 Å². The van der Waals surface area contributed by atoms with Gasteiger partial charge in [-0.15, -0.1) is 0 Å². The molecule has 0 aliphatic heterocycles. The lowest BCUT2D eigenvalue weighted by Gasteiger charge is -2.39. The smallest absolute Gasteiger partial charge is 0.174 e. The van der Waals surface area contributed by atoms with Crippen molar-refractivity contribution in [2.24, 2.45) is 5.73 Å². The maximum absolute atomic E-state index is 6.29. The van der Waals surface area contributed by atoms with Gasteiger partial charge < -0.3 is 15.2 Å². The van der Waals surface area contributed by atoms with Crippen LogP contribution >= 0.6 is 15.9 Å². The Morgan fingerprint density at radius 3 is 2.38 bits per heavy atom. The fraction of sp³-hybridized carbons (Fsp3) is 0.500. The van der Waals surface area contributed by atoms with Crippen LogP contribution in [0, 0.1) is 0 Å². The third-order valence-corrected chi connectivity index (χ3v) is 3.84. The highest BCUT2D eigenvalue weighted by atomic mass is 79.9. The van der Waals surface area contributed by atoms with Crippen molar-refractivity contribution in [2.45, 2.75) is 24.8 Å². The lowest BCUT2D eigenvalue weighted by molar-refractivity contribution is 0.251. The molecular formula is C12H16BrNO2. The van der Waals surface area contributed by atoms with Crippen molar-refractivity contribution in [2.75, 3.05) is 14.2 Å². The Balaban J connectivity index is 2.45. The van der Waals surface area contributed by atoms with E-state index < -0.39 is 0 Å². The Morgan fingerprint density at radius 2 is 1.94 bits per heavy atom. The van der Waals surface area contributed by atoms with Gasteiger partial charge in [0.05, 0.1) is 18.7 Å². The normalized spacial score (nSPS) is 17.8. The largest absolute Gasteiger partial charge is 0.493 e. The zero-order chi connectivity index (χ0) is 11.8. The van der Waals surface area contributed by atoms with E-state index in [0.717, 1.165) is 28.6 Å². The highest BCUT2D eigenvalue weighted by Gasteiger charge is 2.35. The lowest BCUT2D eigenvalue weighted by Crippen LogP contribution is -2.43. The summed E-state index contributed by atoms with van der Waals surface area (Å²) in [6.45, 7) is 0. The van der Waals surface area contributed by atoms with Gasteiger partial charge in [-0.3, -0.25) is 0 Å². The summed E-state index contributed by atoms with van der Waals surface area (Å²) < 4.78 is 11.5. The number of ether oxygens (including phenoxy) is 2. The highest BCUT2D eigenvalue weighted by molar-refractivity contribution is 9.10. The van der Waals surface area contributed by atoms with Gasteiger partial charge >= 0.3 is 0 Å². The Labute approximate surface area is 104 Å². The summed E-state index contributed by atoms with van der Waals surface area (Å²) in [5, 5.41) is 0. The second-order valence-electron chi connectivity index (χ2n) is 4.20. The van der Waals surface area contributed by atoms with Crippen molar-refractivity contribution >= 4 is 15.9 Å². The maximum Gasteiger partial charge on any atom is 0.174 e. The summed E-state index contributed by atoms with van der Waals surface area (Å²) in [7, 11) is 3.27. The number of halogens is 1. The molecule has 1 aliphatic rings. The molecular weight excluding hydrogens is 270 g/mol. The number of methoxy groups -OCH3 is 2. The second kappa shape index (κ2) is 4.26. The van der Waals surface area contributed by atoms with E-state index in [1.54, 1.807) is 14.2 Å². The van der Waals surface area contributed by atoms with Gasteiger partial charge in [0.1, 0.15) is 0 Å². The van der Waals surface area contributed by atoms with Crippen LogP contribution in [0.4, 0.5) is 0 Å². The first-order valence-electron chi connectivity index (χ1n) is 5.31. The first kappa shape index (κ1) is 11.7. The van der Waals surface area contributed by atoms with Crippen LogP contribution in [0.15, 0.2) is 16.6 Å². The molecule has 4 heteroatoms. The molecule has 3 nitrogen and oxygen atoms in total. The minimum Gasteiger partial charge on any atom is -0.493 e. The average Bonchev–Trinajstić information content (AvgIpc) is 2.24. The first-order chi connectivity index (χ1) is 7.60. The summed E-state index contributed by atoms with van der Waals surface area (Å²) in [4.78, 5) is 0. The van der Waals surface area contributed by atoms with Gasteiger partial charge in [-0.05, 0) is 52.9 Å². The highest BCUT2D eigenvalue weighted by Crippen LogP contribution is 2.44. The van der Waals surface area contributed by atoms with Crippen LogP contribution in [0.1, 0.15) is 24.8 Å². The molecule has 0 atom stereocenters. The minimum absolute atomic E-state index is 0.179. The summed E-state index contributed by atoms with van der Waals surface area (Å²) in [5.74, 6) is 1.44. The summed E-state index contributed by atoms with van der Waals surface area (Å²) in [6, 6.07) is 4.00. The molecule has 0 radical (unpaired) electrons. The standard InChI is InChI=1S/C12H16BrNO2/c1-15-10-7-8(12(14)4-3-5-12)6-9(13)11(10)16-2/h6-7H,3-5,14H2,1-2H3. The van der Waals surface area contributed by atoms with Crippen LogP contribution in [0.2, 0.25) is 0 Å². The van der Waals surface area contributed by atoms with Gasteiger partial charge in [-0.2, -0.15) is 0 Å². The number of hydrogen-bond acceptors (Lipinski definition) is 3. The monoisotopic (exact) mass is 285 g/mol. The molecule has 0 unspecified atom stereocenters. The molecule has 0 spiro atoms. The fourth-order valence-corrected chi connectivity index (χ4v) is 2.66. The van der Waals surface area contributed by atoms with Crippen LogP contribution in [0.25, 0.3) is 0 Å². The lowest BCUT2D eigenvalue weighted by atomic mass is 9.73. The molecule has 1 aromatic carbocycles. The van der Waals surface area contributed by atoms with Crippen LogP contribution in [0.3, 0.4) is 0 Å². The molecule has 0 saturated heterocycles. The Bertz CT molecular complexity index is 402. The quantitative estimate of drug-likeness (QED) is 0.929. The summed E-state index contributed by atoms with van der Waals surface area (Å²) in [6.07, 6.45) is 3.27. The van der Waals surface area contributed by atoms with Gasteiger partial charge in [0.2, 0.25) is 0 Å². The van der Waals surface area contributed by atoms with E-state index in [1.165, 1.54) is 6.42 Å². The van der Waals surface area contributed by atoms with E-state index >= 15 is 0 Å². The number of benzene rings is 1. The zero-order valence-corrected chi connectivity index (χ0v) is 11.1. The van der Waals surface area contributed by atoms with Crippen molar-refractivity contribution in [3.63, 3.8) is 0 Å². The molecule has 1 aromatic rings. The molecule has 2 N–H and O–H groups in total. The van der Waals surface area contributed by atoms with Gasteiger partial charge in [0.15, 0.2) is 11.5 Å². The van der Waals surface area contributed by atoms with E-state index in [-0.39, 0.29) is 5.54 Å². The van der Waals surface area contributed by atoms with Crippen LogP contribution in [0.5, 0.6) is 11.5 Å². The molecule has 16 heavy (non-hydrogen) atoms. The molecule has 88 valence electrons. The fourth-order valence-electron chi connectivity index (χ4n) is 2.05. The SMILES string of the molecule is COc1cc(C2(N)CCC2)cc(Br)c1OC. The number of rotatable bonds is 3. The zero-order valence-electron chi connectivity index (χ0n) is 9.55. The maximum atomic E-state index is 6.29. The molecule has 0 amide bonds. The Morgan fingerprint density at radius 1 is 1.25 bits per heavy atom. The predicted molar refractivity (Wildman–Crippen MR) is 67.0 cm³/mol. The van der Waals surface area contributed by atoms with Gasteiger partial charge in [0, 0.05) is 5.54 Å². The molecule has 2 rings (SSSR count). The van der Waals surface area contributed by atoms with Gasteiger partial charge in [-0.25, -0.2) is 0 Å². The van der Waals surface area contributed by atoms with Crippen LogP contribution < -0.4 is 15.2 Å². The summed E-state index contributed by atoms with van der Waals surface area (Å²) in [5.41, 5.74) is 7.23. The minimum atomic E-state index is -0.179. The topological polar surface area (TPSA) is 44.5 Å². The predicted octanol–water partition coefficient (Wildman–Crippen LogP) is 2.80. The van der Waals surface area contributed by atoms with E-state index in [0.29, 0.717) is 5.75 Å². The molecule has 0 heterocycles.